The number of hydrogen-bond donors (Lipinski definition) is 1. The van der Waals surface area contributed by atoms with E-state index in [2.05, 4.69) is 5.32 Å². The first-order valence-electron chi connectivity index (χ1n) is 6.94. The predicted molar refractivity (Wildman–Crippen MR) is 90.1 cm³/mol. The van der Waals surface area contributed by atoms with Crippen molar-refractivity contribution in [1.82, 2.24) is 5.32 Å². The molecule has 5 nitrogen and oxygen atoms in total. The summed E-state index contributed by atoms with van der Waals surface area (Å²) in [5.41, 5.74) is 1.47. The van der Waals surface area contributed by atoms with Crippen LogP contribution < -0.4 is 5.32 Å². The summed E-state index contributed by atoms with van der Waals surface area (Å²) < 4.78 is 0. The second kappa shape index (κ2) is 7.56. The van der Waals surface area contributed by atoms with Crippen molar-refractivity contribution in [3.8, 4) is 0 Å². The summed E-state index contributed by atoms with van der Waals surface area (Å²) in [7, 11) is 0. The summed E-state index contributed by atoms with van der Waals surface area (Å²) in [6.45, 7) is 1.85. The highest BCUT2D eigenvalue weighted by Gasteiger charge is 2.08. The van der Waals surface area contributed by atoms with Crippen molar-refractivity contribution in [2.24, 2.45) is 0 Å². The fraction of sp³-hybridized carbons (Fsp3) is 0.118. The first-order chi connectivity index (χ1) is 11.0. The number of amides is 1. The Labute approximate surface area is 138 Å². The first kappa shape index (κ1) is 16.7. The maximum absolute atomic E-state index is 11.9. The van der Waals surface area contributed by atoms with E-state index in [1.807, 2.05) is 19.1 Å². The van der Waals surface area contributed by atoms with Crippen molar-refractivity contribution in [2.75, 3.05) is 0 Å². The number of nitro groups is 1. The minimum absolute atomic E-state index is 0.0140. The molecule has 0 aliphatic heterocycles. The Morgan fingerprint density at radius 2 is 2.00 bits per heavy atom. The third kappa shape index (κ3) is 4.93. The van der Waals surface area contributed by atoms with Crippen LogP contribution in [-0.4, -0.2) is 10.8 Å². The van der Waals surface area contributed by atoms with Gasteiger partial charge in [0.25, 0.3) is 5.69 Å². The van der Waals surface area contributed by atoms with Gasteiger partial charge < -0.3 is 5.32 Å². The van der Waals surface area contributed by atoms with E-state index in [-0.39, 0.29) is 17.6 Å². The number of carbonyl (C=O) groups excluding carboxylic acids is 1. The Morgan fingerprint density at radius 3 is 2.70 bits per heavy atom. The largest absolute Gasteiger partial charge is 0.346 e. The van der Waals surface area contributed by atoms with E-state index in [0.29, 0.717) is 10.6 Å². The van der Waals surface area contributed by atoms with Crippen LogP contribution in [0.25, 0.3) is 6.08 Å². The fourth-order valence-electron chi connectivity index (χ4n) is 2.03. The fourth-order valence-corrected chi connectivity index (χ4v) is 2.23. The van der Waals surface area contributed by atoms with E-state index in [0.717, 1.165) is 5.56 Å². The van der Waals surface area contributed by atoms with Crippen molar-refractivity contribution >= 4 is 29.3 Å². The first-order valence-corrected chi connectivity index (χ1v) is 7.32. The lowest BCUT2D eigenvalue weighted by Gasteiger charge is -2.13. The van der Waals surface area contributed by atoms with Gasteiger partial charge in [0.2, 0.25) is 5.91 Å². The monoisotopic (exact) mass is 330 g/mol. The van der Waals surface area contributed by atoms with Gasteiger partial charge in [-0.05, 0) is 36.3 Å². The molecule has 1 N–H and O–H groups in total. The SMILES string of the molecule is CC(NC(=O)/C=C/c1cccc([N+](=O)[O-])c1)c1cccc(Cl)c1. The highest BCUT2D eigenvalue weighted by molar-refractivity contribution is 6.30. The van der Waals surface area contributed by atoms with Gasteiger partial charge >= 0.3 is 0 Å². The molecule has 0 heterocycles. The molecule has 0 spiro atoms. The Balaban J connectivity index is 2.01. The number of hydrogen-bond acceptors (Lipinski definition) is 3. The van der Waals surface area contributed by atoms with E-state index >= 15 is 0 Å². The molecule has 2 rings (SSSR count). The number of non-ortho nitro benzene ring substituents is 1. The van der Waals surface area contributed by atoms with Crippen LogP contribution in [0.5, 0.6) is 0 Å². The lowest BCUT2D eigenvalue weighted by Crippen LogP contribution is -2.24. The predicted octanol–water partition coefficient (Wildman–Crippen LogP) is 4.14. The molecule has 23 heavy (non-hydrogen) atoms. The molecule has 0 bridgehead atoms. The van der Waals surface area contributed by atoms with Crippen LogP contribution >= 0.6 is 11.6 Å². The zero-order valence-corrected chi connectivity index (χ0v) is 13.2. The number of nitro benzene ring substituents is 1. The van der Waals surface area contributed by atoms with E-state index < -0.39 is 4.92 Å². The van der Waals surface area contributed by atoms with Crippen molar-refractivity contribution in [3.05, 3.63) is 80.9 Å². The van der Waals surface area contributed by atoms with Gasteiger partial charge in [-0.1, -0.05) is 35.9 Å². The van der Waals surface area contributed by atoms with Crippen LogP contribution in [0.15, 0.2) is 54.6 Å². The zero-order valence-electron chi connectivity index (χ0n) is 12.4. The van der Waals surface area contributed by atoms with Crippen molar-refractivity contribution in [1.29, 1.82) is 0 Å². The molecule has 0 saturated heterocycles. The number of benzene rings is 2. The highest BCUT2D eigenvalue weighted by Crippen LogP contribution is 2.17. The zero-order chi connectivity index (χ0) is 16.8. The number of nitrogens with zero attached hydrogens (tertiary/aromatic N) is 1. The molecule has 0 saturated carbocycles. The molecule has 2 aromatic carbocycles. The Kier molecular flexibility index (Phi) is 5.49. The Hall–Kier alpha value is -2.66. The number of nitrogens with one attached hydrogen (secondary N) is 1. The normalized spacial score (nSPS) is 12.1. The highest BCUT2D eigenvalue weighted by atomic mass is 35.5. The van der Waals surface area contributed by atoms with E-state index in [4.69, 9.17) is 11.6 Å². The maximum atomic E-state index is 11.9. The van der Waals surface area contributed by atoms with Crippen molar-refractivity contribution in [3.63, 3.8) is 0 Å². The van der Waals surface area contributed by atoms with E-state index in [9.17, 15) is 14.9 Å². The molecule has 2 aromatic rings. The summed E-state index contributed by atoms with van der Waals surface area (Å²) >= 11 is 5.93. The van der Waals surface area contributed by atoms with Gasteiger partial charge in [-0.15, -0.1) is 0 Å². The van der Waals surface area contributed by atoms with Crippen LogP contribution in [-0.2, 0) is 4.79 Å². The van der Waals surface area contributed by atoms with Gasteiger partial charge in [0.15, 0.2) is 0 Å². The minimum Gasteiger partial charge on any atom is -0.346 e. The number of carbonyl (C=O) groups is 1. The van der Waals surface area contributed by atoms with Crippen molar-refractivity contribution < 1.29 is 9.72 Å². The molecular weight excluding hydrogens is 316 g/mol. The van der Waals surface area contributed by atoms with Crippen LogP contribution in [0, 0.1) is 10.1 Å². The summed E-state index contributed by atoms with van der Waals surface area (Å²) in [6.07, 6.45) is 2.88. The second-order valence-electron chi connectivity index (χ2n) is 4.97. The third-order valence-corrected chi connectivity index (χ3v) is 3.45. The molecule has 0 fully saturated rings. The topological polar surface area (TPSA) is 72.2 Å². The van der Waals surface area contributed by atoms with Crippen LogP contribution in [0.4, 0.5) is 5.69 Å². The minimum atomic E-state index is -0.474. The number of rotatable bonds is 5. The third-order valence-electron chi connectivity index (χ3n) is 3.22. The summed E-state index contributed by atoms with van der Waals surface area (Å²) in [5.74, 6) is -0.288. The molecular formula is C17H15ClN2O3. The van der Waals surface area contributed by atoms with Gasteiger partial charge in [-0.25, -0.2) is 0 Å². The summed E-state index contributed by atoms with van der Waals surface area (Å²) in [4.78, 5) is 22.2. The average molecular weight is 331 g/mol. The average Bonchev–Trinajstić information content (AvgIpc) is 2.53. The van der Waals surface area contributed by atoms with Gasteiger partial charge in [0.05, 0.1) is 11.0 Å². The molecule has 0 aliphatic rings. The standard InChI is InChI=1S/C17H15ClN2O3/c1-12(14-5-3-6-15(18)11-14)19-17(21)9-8-13-4-2-7-16(10-13)20(22)23/h2-12H,1H3,(H,19,21)/b9-8+. The van der Waals surface area contributed by atoms with E-state index in [1.54, 1.807) is 24.3 Å². The Morgan fingerprint density at radius 1 is 1.26 bits per heavy atom. The molecule has 1 unspecified atom stereocenters. The van der Waals surface area contributed by atoms with Gasteiger partial charge in [0.1, 0.15) is 0 Å². The van der Waals surface area contributed by atoms with Gasteiger partial charge in [-0.3, -0.25) is 14.9 Å². The lowest BCUT2D eigenvalue weighted by molar-refractivity contribution is -0.384. The summed E-state index contributed by atoms with van der Waals surface area (Å²) in [5, 5.41) is 14.1. The van der Waals surface area contributed by atoms with Gasteiger partial charge in [0, 0.05) is 23.2 Å². The second-order valence-corrected chi connectivity index (χ2v) is 5.41. The Bertz CT molecular complexity index is 759. The maximum Gasteiger partial charge on any atom is 0.270 e. The molecule has 1 amide bonds. The van der Waals surface area contributed by atoms with E-state index in [1.165, 1.54) is 24.3 Å². The molecule has 0 aromatic heterocycles. The number of halogens is 1. The quantitative estimate of drug-likeness (QED) is 0.508. The summed E-state index contributed by atoms with van der Waals surface area (Å²) in [6, 6.07) is 13.1. The molecule has 6 heteroatoms. The molecule has 1 atom stereocenters. The molecule has 0 radical (unpaired) electrons. The molecule has 0 aliphatic carbocycles. The van der Waals surface area contributed by atoms with Crippen molar-refractivity contribution in [2.45, 2.75) is 13.0 Å². The van der Waals surface area contributed by atoms with Crippen LogP contribution in [0.2, 0.25) is 5.02 Å². The van der Waals surface area contributed by atoms with Crippen LogP contribution in [0.3, 0.4) is 0 Å². The van der Waals surface area contributed by atoms with Gasteiger partial charge in [-0.2, -0.15) is 0 Å². The molecule has 118 valence electrons. The smallest absolute Gasteiger partial charge is 0.270 e. The van der Waals surface area contributed by atoms with Crippen LogP contribution in [0.1, 0.15) is 24.1 Å². The lowest BCUT2D eigenvalue weighted by atomic mass is 10.1.